The third-order valence-corrected chi connectivity index (χ3v) is 5.99. The number of hydrogen-bond donors (Lipinski definition) is 1. The largest absolute Gasteiger partial charge is 0.491 e. The van der Waals surface area contributed by atoms with Crippen molar-refractivity contribution in [3.05, 3.63) is 82.7 Å². The van der Waals surface area contributed by atoms with E-state index < -0.39 is 6.10 Å². The topological polar surface area (TPSA) is 73.3 Å². The molecule has 0 saturated heterocycles. The van der Waals surface area contributed by atoms with E-state index in [0.29, 0.717) is 39.1 Å². The Bertz CT molecular complexity index is 1100. The molecule has 6 nitrogen and oxygen atoms in total. The molecule has 0 radical (unpaired) electrons. The predicted molar refractivity (Wildman–Crippen MR) is 122 cm³/mol. The SMILES string of the molecule is OC(COc1ccc(Cl)cc1)CSc1nnc(-c2ccc(Cl)cc2)n1Cc1ccco1. The molecule has 0 aliphatic carbocycles. The van der Waals surface area contributed by atoms with Gasteiger partial charge in [0, 0.05) is 21.4 Å². The third kappa shape index (κ3) is 5.83. The summed E-state index contributed by atoms with van der Waals surface area (Å²) < 4.78 is 13.1. The van der Waals surface area contributed by atoms with Crippen LogP contribution in [0.2, 0.25) is 10.0 Å². The Kier molecular flexibility index (Phi) is 7.19. The maximum Gasteiger partial charge on any atom is 0.192 e. The molecule has 0 fully saturated rings. The van der Waals surface area contributed by atoms with Crippen molar-refractivity contribution in [2.24, 2.45) is 0 Å². The molecule has 0 aliphatic rings. The fraction of sp³-hybridized carbons (Fsp3) is 0.182. The van der Waals surface area contributed by atoms with Crippen LogP contribution in [0.5, 0.6) is 5.75 Å². The minimum atomic E-state index is -0.687. The summed E-state index contributed by atoms with van der Waals surface area (Å²) in [5, 5.41) is 21.0. The normalized spacial score (nSPS) is 12.1. The molecule has 0 spiro atoms. The van der Waals surface area contributed by atoms with Crippen molar-refractivity contribution in [3.8, 4) is 17.1 Å². The summed E-state index contributed by atoms with van der Waals surface area (Å²) in [5.74, 6) is 2.52. The van der Waals surface area contributed by atoms with Gasteiger partial charge in [-0.2, -0.15) is 0 Å². The van der Waals surface area contributed by atoms with Crippen LogP contribution in [0.25, 0.3) is 11.4 Å². The van der Waals surface area contributed by atoms with Crippen molar-refractivity contribution in [2.45, 2.75) is 17.8 Å². The first-order valence-electron chi connectivity index (χ1n) is 9.49. The molecule has 4 rings (SSSR count). The van der Waals surface area contributed by atoms with E-state index in [1.54, 1.807) is 30.5 Å². The highest BCUT2D eigenvalue weighted by molar-refractivity contribution is 7.99. The number of ether oxygens (including phenoxy) is 1. The van der Waals surface area contributed by atoms with Crippen LogP contribution >= 0.6 is 35.0 Å². The zero-order valence-electron chi connectivity index (χ0n) is 16.3. The minimum Gasteiger partial charge on any atom is -0.491 e. The lowest BCUT2D eigenvalue weighted by Crippen LogP contribution is -2.20. The molecule has 1 unspecified atom stereocenters. The predicted octanol–water partition coefficient (Wildman–Crippen LogP) is 5.43. The van der Waals surface area contributed by atoms with E-state index in [1.165, 1.54) is 11.8 Å². The van der Waals surface area contributed by atoms with Gasteiger partial charge in [0.25, 0.3) is 0 Å². The molecule has 2 aromatic heterocycles. The number of rotatable bonds is 9. The average Bonchev–Trinajstić information content (AvgIpc) is 3.43. The molecule has 160 valence electrons. The number of aliphatic hydroxyl groups excluding tert-OH is 1. The Morgan fingerprint density at radius 3 is 2.39 bits per heavy atom. The second kappa shape index (κ2) is 10.2. The van der Waals surface area contributed by atoms with Crippen LogP contribution in [0, 0.1) is 0 Å². The van der Waals surface area contributed by atoms with Crippen LogP contribution in [0.4, 0.5) is 0 Å². The summed E-state index contributed by atoms with van der Waals surface area (Å²) in [6.07, 6.45) is 0.945. The summed E-state index contributed by atoms with van der Waals surface area (Å²) in [7, 11) is 0. The molecule has 1 atom stereocenters. The van der Waals surface area contributed by atoms with E-state index in [4.69, 9.17) is 32.4 Å². The molecule has 2 aromatic carbocycles. The standard InChI is InChI=1S/C22H19Cl2N3O3S/c23-16-5-3-15(4-6-16)21-25-26-22(27(21)12-20-2-1-11-29-20)31-14-18(28)13-30-19-9-7-17(24)8-10-19/h1-11,18,28H,12-14H2. The van der Waals surface area contributed by atoms with Crippen molar-refractivity contribution >= 4 is 35.0 Å². The highest BCUT2D eigenvalue weighted by atomic mass is 35.5. The van der Waals surface area contributed by atoms with Crippen molar-refractivity contribution < 1.29 is 14.3 Å². The van der Waals surface area contributed by atoms with Gasteiger partial charge < -0.3 is 14.3 Å². The molecule has 0 amide bonds. The summed E-state index contributed by atoms with van der Waals surface area (Å²) in [6, 6.07) is 18.2. The summed E-state index contributed by atoms with van der Waals surface area (Å²) in [4.78, 5) is 0. The molecule has 9 heteroatoms. The maximum atomic E-state index is 10.4. The van der Waals surface area contributed by atoms with Gasteiger partial charge in [0.1, 0.15) is 18.1 Å². The summed E-state index contributed by atoms with van der Waals surface area (Å²) >= 11 is 13.3. The van der Waals surface area contributed by atoms with Crippen LogP contribution in [0.3, 0.4) is 0 Å². The molecular formula is C22H19Cl2N3O3S. The number of thioether (sulfide) groups is 1. The Balaban J connectivity index is 1.45. The lowest BCUT2D eigenvalue weighted by atomic mass is 10.2. The monoisotopic (exact) mass is 475 g/mol. The highest BCUT2D eigenvalue weighted by Gasteiger charge is 2.17. The van der Waals surface area contributed by atoms with E-state index in [0.717, 1.165) is 11.3 Å². The van der Waals surface area contributed by atoms with Crippen LogP contribution in [-0.2, 0) is 6.54 Å². The molecule has 0 saturated carbocycles. The number of halogens is 2. The van der Waals surface area contributed by atoms with Gasteiger partial charge >= 0.3 is 0 Å². The number of hydrogen-bond acceptors (Lipinski definition) is 6. The van der Waals surface area contributed by atoms with Crippen molar-refractivity contribution in [3.63, 3.8) is 0 Å². The first-order valence-corrected chi connectivity index (χ1v) is 11.2. The van der Waals surface area contributed by atoms with E-state index in [9.17, 15) is 5.11 Å². The first kappa shape index (κ1) is 21.8. The molecule has 2 heterocycles. The van der Waals surface area contributed by atoms with Crippen molar-refractivity contribution in [1.29, 1.82) is 0 Å². The molecule has 0 aliphatic heterocycles. The van der Waals surface area contributed by atoms with Crippen LogP contribution in [-0.4, -0.2) is 38.3 Å². The van der Waals surface area contributed by atoms with Gasteiger partial charge in [-0.25, -0.2) is 0 Å². The summed E-state index contributed by atoms with van der Waals surface area (Å²) in [5.41, 5.74) is 0.891. The minimum absolute atomic E-state index is 0.158. The Hall–Kier alpha value is -2.45. The third-order valence-electron chi connectivity index (χ3n) is 4.37. The quantitative estimate of drug-likeness (QED) is 0.325. The average molecular weight is 476 g/mol. The van der Waals surface area contributed by atoms with Crippen molar-refractivity contribution in [2.75, 3.05) is 12.4 Å². The van der Waals surface area contributed by atoms with E-state index in [1.807, 2.05) is 41.0 Å². The van der Waals surface area contributed by atoms with Gasteiger partial charge in [-0.3, -0.25) is 4.57 Å². The number of aromatic nitrogens is 3. The highest BCUT2D eigenvalue weighted by Crippen LogP contribution is 2.27. The fourth-order valence-corrected chi connectivity index (χ4v) is 3.95. The van der Waals surface area contributed by atoms with Gasteiger partial charge in [-0.15, -0.1) is 10.2 Å². The fourth-order valence-electron chi connectivity index (χ4n) is 2.85. The zero-order chi connectivity index (χ0) is 21.6. The van der Waals surface area contributed by atoms with E-state index >= 15 is 0 Å². The smallest absolute Gasteiger partial charge is 0.192 e. The number of aliphatic hydroxyl groups is 1. The number of furan rings is 1. The van der Waals surface area contributed by atoms with Crippen LogP contribution in [0.15, 0.2) is 76.5 Å². The Morgan fingerprint density at radius 1 is 1.00 bits per heavy atom. The Labute approximate surface area is 193 Å². The maximum absolute atomic E-state index is 10.4. The number of nitrogens with zero attached hydrogens (tertiary/aromatic N) is 3. The van der Waals surface area contributed by atoms with Gasteiger partial charge in [-0.1, -0.05) is 35.0 Å². The molecular weight excluding hydrogens is 457 g/mol. The van der Waals surface area contributed by atoms with Crippen LogP contribution < -0.4 is 4.74 Å². The molecule has 4 aromatic rings. The second-order valence-electron chi connectivity index (χ2n) is 6.71. The summed E-state index contributed by atoms with van der Waals surface area (Å²) in [6.45, 7) is 0.628. The molecule has 31 heavy (non-hydrogen) atoms. The zero-order valence-corrected chi connectivity index (χ0v) is 18.6. The van der Waals surface area contributed by atoms with E-state index in [2.05, 4.69) is 10.2 Å². The number of benzene rings is 2. The molecule has 0 bridgehead atoms. The first-order chi connectivity index (χ1) is 15.1. The van der Waals surface area contributed by atoms with E-state index in [-0.39, 0.29) is 6.61 Å². The second-order valence-corrected chi connectivity index (χ2v) is 8.57. The lowest BCUT2D eigenvalue weighted by Gasteiger charge is -2.13. The van der Waals surface area contributed by atoms with Gasteiger partial charge in [0.2, 0.25) is 0 Å². The van der Waals surface area contributed by atoms with Gasteiger partial charge in [-0.05, 0) is 60.7 Å². The van der Waals surface area contributed by atoms with Crippen molar-refractivity contribution in [1.82, 2.24) is 14.8 Å². The lowest BCUT2D eigenvalue weighted by molar-refractivity contribution is 0.126. The van der Waals surface area contributed by atoms with Crippen LogP contribution in [0.1, 0.15) is 5.76 Å². The Morgan fingerprint density at radius 2 is 1.71 bits per heavy atom. The molecule has 1 N–H and O–H groups in total. The van der Waals surface area contributed by atoms with Gasteiger partial charge in [0.05, 0.1) is 18.9 Å². The van der Waals surface area contributed by atoms with Gasteiger partial charge in [0.15, 0.2) is 11.0 Å².